The summed E-state index contributed by atoms with van der Waals surface area (Å²) in [6.07, 6.45) is 0. The zero-order valence-electron chi connectivity index (χ0n) is 12.3. The van der Waals surface area contributed by atoms with Gasteiger partial charge in [-0.25, -0.2) is 9.67 Å². The number of hydrogen-bond acceptors (Lipinski definition) is 5. The molecule has 0 atom stereocenters. The van der Waals surface area contributed by atoms with E-state index >= 15 is 0 Å². The molecule has 0 aliphatic rings. The molecule has 0 aliphatic carbocycles. The highest BCUT2D eigenvalue weighted by atomic mass is 32.1. The molecule has 0 amide bonds. The third-order valence-electron chi connectivity index (χ3n) is 3.70. The average Bonchev–Trinajstić information content (AvgIpc) is 3.09. The Labute approximate surface area is 137 Å². The van der Waals surface area contributed by atoms with Crippen molar-refractivity contribution in [1.82, 2.24) is 14.8 Å². The molecular formula is C17H15N5S. The molecular weight excluding hydrogens is 306 g/mol. The van der Waals surface area contributed by atoms with Gasteiger partial charge < -0.3 is 11.5 Å². The highest BCUT2D eigenvalue weighted by Crippen LogP contribution is 2.37. The minimum Gasteiger partial charge on any atom is -0.383 e. The van der Waals surface area contributed by atoms with E-state index in [0.29, 0.717) is 18.2 Å². The number of para-hydroxylation sites is 1. The molecule has 6 heteroatoms. The van der Waals surface area contributed by atoms with Gasteiger partial charge in [0.2, 0.25) is 0 Å². The minimum atomic E-state index is 0.414. The van der Waals surface area contributed by atoms with Crippen LogP contribution in [0.15, 0.2) is 54.6 Å². The first-order valence-corrected chi connectivity index (χ1v) is 8.05. The van der Waals surface area contributed by atoms with Crippen molar-refractivity contribution in [2.45, 2.75) is 6.54 Å². The van der Waals surface area contributed by atoms with Crippen molar-refractivity contribution in [3.05, 3.63) is 60.2 Å². The fourth-order valence-corrected chi connectivity index (χ4v) is 3.60. The molecule has 0 bridgehead atoms. The Morgan fingerprint density at radius 3 is 2.48 bits per heavy atom. The molecule has 0 saturated heterocycles. The molecule has 114 valence electrons. The van der Waals surface area contributed by atoms with Crippen LogP contribution in [0.2, 0.25) is 0 Å². The van der Waals surface area contributed by atoms with Gasteiger partial charge in [0.1, 0.15) is 10.8 Å². The normalized spacial score (nSPS) is 11.1. The van der Waals surface area contributed by atoms with Gasteiger partial charge in [0.25, 0.3) is 0 Å². The number of nitrogens with zero attached hydrogens (tertiary/aromatic N) is 3. The van der Waals surface area contributed by atoms with Gasteiger partial charge in [-0.3, -0.25) is 0 Å². The molecule has 0 spiro atoms. The molecule has 0 fully saturated rings. The van der Waals surface area contributed by atoms with Crippen LogP contribution in [0.3, 0.4) is 0 Å². The maximum Gasteiger partial charge on any atom is 0.158 e. The molecule has 2 heterocycles. The van der Waals surface area contributed by atoms with Crippen molar-refractivity contribution in [1.29, 1.82) is 0 Å². The Bertz CT molecular complexity index is 938. The van der Waals surface area contributed by atoms with Crippen molar-refractivity contribution < 1.29 is 0 Å². The molecule has 2 aromatic heterocycles. The van der Waals surface area contributed by atoms with E-state index in [1.807, 2.05) is 54.6 Å². The van der Waals surface area contributed by atoms with E-state index in [9.17, 15) is 0 Å². The fraction of sp³-hybridized carbons (Fsp3) is 0.0588. The zero-order chi connectivity index (χ0) is 15.8. The second-order valence-electron chi connectivity index (χ2n) is 5.28. The zero-order valence-corrected chi connectivity index (χ0v) is 13.1. The van der Waals surface area contributed by atoms with E-state index in [0.717, 1.165) is 26.4 Å². The molecule has 4 aromatic rings. The summed E-state index contributed by atoms with van der Waals surface area (Å²) in [6.45, 7) is 0.585. The van der Waals surface area contributed by atoms with Gasteiger partial charge in [-0.05, 0) is 17.7 Å². The number of rotatable bonds is 3. The van der Waals surface area contributed by atoms with E-state index in [1.54, 1.807) is 16.0 Å². The van der Waals surface area contributed by atoms with E-state index in [1.165, 1.54) is 0 Å². The number of hydrogen-bond donors (Lipinski definition) is 2. The van der Waals surface area contributed by atoms with Crippen LogP contribution in [0.1, 0.15) is 5.56 Å². The number of anilines is 2. The summed E-state index contributed by atoms with van der Waals surface area (Å²) in [4.78, 5) is 4.63. The third-order valence-corrected chi connectivity index (χ3v) is 4.76. The van der Waals surface area contributed by atoms with Gasteiger partial charge in [-0.1, -0.05) is 42.5 Å². The molecule has 5 nitrogen and oxygen atoms in total. The highest BCUT2D eigenvalue weighted by Gasteiger charge is 2.18. The van der Waals surface area contributed by atoms with Crippen LogP contribution in [-0.2, 0) is 6.54 Å². The first-order chi connectivity index (χ1) is 11.2. The number of benzene rings is 2. The summed E-state index contributed by atoms with van der Waals surface area (Å²) >= 11 is 1.57. The van der Waals surface area contributed by atoms with E-state index in [2.05, 4.69) is 10.1 Å². The number of nitrogens with two attached hydrogens (primary N) is 2. The Morgan fingerprint density at radius 1 is 0.957 bits per heavy atom. The average molecular weight is 321 g/mol. The predicted molar refractivity (Wildman–Crippen MR) is 95.2 cm³/mol. The van der Waals surface area contributed by atoms with Crippen molar-refractivity contribution in [2.75, 3.05) is 11.5 Å². The van der Waals surface area contributed by atoms with Gasteiger partial charge in [0.05, 0.1) is 22.3 Å². The van der Waals surface area contributed by atoms with Crippen LogP contribution in [0, 0.1) is 0 Å². The largest absolute Gasteiger partial charge is 0.383 e. The lowest BCUT2D eigenvalue weighted by Gasteiger charge is -2.04. The summed E-state index contributed by atoms with van der Waals surface area (Å²) < 4.78 is 2.84. The summed E-state index contributed by atoms with van der Waals surface area (Å²) in [5.41, 5.74) is 15.2. The first-order valence-electron chi connectivity index (χ1n) is 7.24. The van der Waals surface area contributed by atoms with Crippen molar-refractivity contribution >= 4 is 33.2 Å². The maximum absolute atomic E-state index is 6.29. The standard InChI is InChI=1S/C17H15N5S/c18-15-14(17-20-12-8-4-5-9-13(12)23-17)16(19)22(21-15)10-11-6-2-1-3-7-11/h1-9H,10,19H2,(H2,18,21). The van der Waals surface area contributed by atoms with Crippen LogP contribution in [0.4, 0.5) is 11.6 Å². The van der Waals surface area contributed by atoms with Crippen molar-refractivity contribution in [3.63, 3.8) is 0 Å². The highest BCUT2D eigenvalue weighted by molar-refractivity contribution is 7.21. The Kier molecular flexibility index (Phi) is 3.24. The van der Waals surface area contributed by atoms with E-state index in [-0.39, 0.29) is 0 Å². The van der Waals surface area contributed by atoms with Crippen LogP contribution in [-0.4, -0.2) is 14.8 Å². The maximum atomic E-state index is 6.29. The van der Waals surface area contributed by atoms with Gasteiger partial charge in [-0.2, -0.15) is 5.10 Å². The fourth-order valence-electron chi connectivity index (χ4n) is 2.57. The van der Waals surface area contributed by atoms with Crippen LogP contribution in [0.5, 0.6) is 0 Å². The minimum absolute atomic E-state index is 0.414. The summed E-state index contributed by atoms with van der Waals surface area (Å²) in [7, 11) is 0. The number of aromatic nitrogens is 3. The molecule has 0 radical (unpaired) electrons. The summed E-state index contributed by atoms with van der Waals surface area (Å²) in [6, 6.07) is 18.0. The van der Waals surface area contributed by atoms with E-state index < -0.39 is 0 Å². The van der Waals surface area contributed by atoms with Crippen LogP contribution >= 0.6 is 11.3 Å². The summed E-state index contributed by atoms with van der Waals surface area (Å²) in [5, 5.41) is 5.19. The molecule has 4 rings (SSSR count). The van der Waals surface area contributed by atoms with Crippen molar-refractivity contribution in [2.24, 2.45) is 0 Å². The second-order valence-corrected chi connectivity index (χ2v) is 6.31. The number of fused-ring (bicyclic) bond motifs is 1. The molecule has 0 aliphatic heterocycles. The first kappa shape index (κ1) is 13.8. The molecule has 0 saturated carbocycles. The lowest BCUT2D eigenvalue weighted by atomic mass is 10.2. The van der Waals surface area contributed by atoms with E-state index in [4.69, 9.17) is 11.5 Å². The Balaban J connectivity index is 1.77. The van der Waals surface area contributed by atoms with Gasteiger partial charge >= 0.3 is 0 Å². The number of thiazole rings is 1. The van der Waals surface area contributed by atoms with Crippen LogP contribution < -0.4 is 11.5 Å². The lowest BCUT2D eigenvalue weighted by molar-refractivity contribution is 0.701. The second kappa shape index (κ2) is 5.40. The molecule has 4 N–H and O–H groups in total. The van der Waals surface area contributed by atoms with Gasteiger partial charge in [-0.15, -0.1) is 11.3 Å². The Hall–Kier alpha value is -2.86. The quantitative estimate of drug-likeness (QED) is 0.606. The Morgan fingerprint density at radius 2 is 1.70 bits per heavy atom. The van der Waals surface area contributed by atoms with Gasteiger partial charge in [0, 0.05) is 0 Å². The number of nitrogen functional groups attached to an aromatic ring is 2. The lowest BCUT2D eigenvalue weighted by Crippen LogP contribution is -2.06. The summed E-state index contributed by atoms with van der Waals surface area (Å²) in [5.74, 6) is 0.961. The molecule has 0 unspecified atom stereocenters. The SMILES string of the molecule is Nc1nn(Cc2ccccc2)c(N)c1-c1nc2ccccc2s1. The monoisotopic (exact) mass is 321 g/mol. The van der Waals surface area contributed by atoms with Crippen LogP contribution in [0.25, 0.3) is 20.8 Å². The topological polar surface area (TPSA) is 82.8 Å². The molecule has 23 heavy (non-hydrogen) atoms. The molecule has 2 aromatic carbocycles. The predicted octanol–water partition coefficient (Wildman–Crippen LogP) is 3.37. The third kappa shape index (κ3) is 2.43. The van der Waals surface area contributed by atoms with Gasteiger partial charge in [0.15, 0.2) is 5.82 Å². The van der Waals surface area contributed by atoms with Crippen molar-refractivity contribution in [3.8, 4) is 10.6 Å². The smallest absolute Gasteiger partial charge is 0.158 e.